The number of nitrogens with one attached hydrogen (secondary N) is 4. The number of carbonyl (C=O) groups excluding carboxylic acids is 2. The molecule has 2 heterocycles. The lowest BCUT2D eigenvalue weighted by Crippen LogP contribution is -2.39. The van der Waals surface area contributed by atoms with Gasteiger partial charge in [-0.05, 0) is 66.8 Å². The number of aromatic amines is 1. The number of piperidine rings is 1. The number of aromatic hydroxyl groups is 1. The highest BCUT2D eigenvalue weighted by Crippen LogP contribution is 2.30. The third-order valence-corrected chi connectivity index (χ3v) is 9.29. The summed E-state index contributed by atoms with van der Waals surface area (Å²) in [5.74, 6) is -0.128. The van der Waals surface area contributed by atoms with E-state index in [4.69, 9.17) is 4.74 Å². The number of aliphatic hydroxyl groups excluding tert-OH is 1. The largest absolute Gasteiger partial charge is 0.506 e. The molecule has 2 atom stereocenters. The molecular weight excluding hydrogens is 646 g/mol. The zero-order valence-electron chi connectivity index (χ0n) is 28.5. The van der Waals surface area contributed by atoms with Gasteiger partial charge in [-0.15, -0.1) is 0 Å². The Hall–Kier alpha value is -5.49. The number of anilines is 2. The molecular formula is C40H43N5O6. The fourth-order valence-corrected chi connectivity index (χ4v) is 6.41. The number of nitrogens with zero attached hydrogens (tertiary/aromatic N) is 1. The molecule has 0 aliphatic carbocycles. The summed E-state index contributed by atoms with van der Waals surface area (Å²) < 4.78 is 5.74. The Balaban J connectivity index is 0.903. The summed E-state index contributed by atoms with van der Waals surface area (Å²) in [6, 6.07) is 31.1. The molecule has 11 heteroatoms. The van der Waals surface area contributed by atoms with Crippen LogP contribution in [0.1, 0.15) is 49.5 Å². The number of aromatic nitrogens is 1. The number of hydrogen-bond donors (Lipinski definition) is 6. The zero-order chi connectivity index (χ0) is 35.7. The second-order valence-electron chi connectivity index (χ2n) is 12.8. The minimum absolute atomic E-state index is 0.0532. The number of benzene rings is 4. The summed E-state index contributed by atoms with van der Waals surface area (Å²) in [6.45, 7) is 4.32. The number of phenols is 1. The molecule has 1 saturated heterocycles. The molecule has 0 bridgehead atoms. The predicted molar refractivity (Wildman–Crippen MR) is 199 cm³/mol. The van der Waals surface area contributed by atoms with Crippen molar-refractivity contribution in [3.63, 3.8) is 0 Å². The van der Waals surface area contributed by atoms with Crippen molar-refractivity contribution in [2.24, 2.45) is 0 Å². The van der Waals surface area contributed by atoms with Crippen molar-refractivity contribution in [1.29, 1.82) is 0 Å². The van der Waals surface area contributed by atoms with E-state index in [-0.39, 0.29) is 35.9 Å². The molecule has 4 aromatic carbocycles. The average Bonchev–Trinajstić information content (AvgIpc) is 3.14. The van der Waals surface area contributed by atoms with Crippen molar-refractivity contribution in [1.82, 2.24) is 15.2 Å². The average molecular weight is 690 g/mol. The maximum absolute atomic E-state index is 12.7. The van der Waals surface area contributed by atoms with Crippen LogP contribution in [-0.4, -0.2) is 64.4 Å². The first-order valence-corrected chi connectivity index (χ1v) is 17.2. The van der Waals surface area contributed by atoms with Crippen molar-refractivity contribution >= 4 is 34.3 Å². The molecule has 5 aromatic rings. The number of aliphatic hydroxyl groups is 1. The van der Waals surface area contributed by atoms with E-state index in [0.29, 0.717) is 53.6 Å². The molecule has 264 valence electrons. The topological polar surface area (TPSA) is 156 Å². The van der Waals surface area contributed by atoms with Gasteiger partial charge in [-0.2, -0.15) is 0 Å². The first-order valence-electron chi connectivity index (χ1n) is 17.2. The lowest BCUT2D eigenvalue weighted by atomic mass is 10.0. The number of ether oxygens (including phenoxy) is 1. The van der Waals surface area contributed by atoms with Gasteiger partial charge < -0.3 is 35.5 Å². The Morgan fingerprint density at radius 3 is 2.39 bits per heavy atom. The fourth-order valence-electron chi connectivity index (χ4n) is 6.41. The van der Waals surface area contributed by atoms with Crippen LogP contribution >= 0.6 is 0 Å². The molecule has 0 radical (unpaired) electrons. The molecule has 1 aromatic heterocycles. The van der Waals surface area contributed by atoms with Crippen molar-refractivity contribution in [2.45, 2.75) is 44.4 Å². The molecule has 1 aliphatic heterocycles. The van der Waals surface area contributed by atoms with Crippen molar-refractivity contribution in [3.05, 3.63) is 125 Å². The van der Waals surface area contributed by atoms with Gasteiger partial charge in [0.2, 0.25) is 11.5 Å². The number of H-pyrrole nitrogens is 1. The minimum atomic E-state index is -0.869. The molecule has 51 heavy (non-hydrogen) atoms. The van der Waals surface area contributed by atoms with Crippen LogP contribution in [0.4, 0.5) is 16.2 Å². The number of phenolic OH excluding ortho intramolecular Hbond substituents is 1. The lowest BCUT2D eigenvalue weighted by molar-refractivity contribution is -0.116. The maximum atomic E-state index is 12.7. The fraction of sp³-hybridized carbons (Fsp3) is 0.275. The number of likely N-dealkylation sites (tertiary alicyclic amines) is 1. The summed E-state index contributed by atoms with van der Waals surface area (Å²) in [6.07, 6.45) is 0.231. The van der Waals surface area contributed by atoms with Gasteiger partial charge in [0, 0.05) is 61.3 Å². The Morgan fingerprint density at radius 2 is 1.63 bits per heavy atom. The number of rotatable bonds is 12. The standard InChI is InChI=1S/C40H43N5O6/c1-26(41-25-36(47)32-15-17-35(46)39-33(32)16-18-37(48)44-39)27-11-13-29(14-12-27)42-38(49)21-24-45-22-19-30(20-23-45)51-40(50)43-34-10-6-5-9-31(34)28-7-3-2-4-8-28/h2-18,26,30,36,41,46-47H,19-25H2,1H3,(H,42,49)(H,43,50)(H,44,48)/t26-,36-/m1/s1. The van der Waals surface area contributed by atoms with Gasteiger partial charge in [0.1, 0.15) is 11.9 Å². The van der Waals surface area contributed by atoms with Crippen molar-refractivity contribution in [3.8, 4) is 16.9 Å². The van der Waals surface area contributed by atoms with E-state index in [0.717, 1.165) is 29.8 Å². The van der Waals surface area contributed by atoms with Crippen LogP contribution in [0.25, 0.3) is 22.0 Å². The molecule has 0 saturated carbocycles. The van der Waals surface area contributed by atoms with Gasteiger partial charge in [-0.25, -0.2) is 4.79 Å². The van der Waals surface area contributed by atoms with Crippen LogP contribution < -0.4 is 21.5 Å². The minimum Gasteiger partial charge on any atom is -0.506 e. The Labute approximate surface area is 296 Å². The molecule has 1 aliphatic rings. The SMILES string of the molecule is C[C@@H](NC[C@@H](O)c1ccc(O)c2[nH]c(=O)ccc12)c1ccc(NC(=O)CCN2CCC(OC(=O)Nc3ccccc3-c3ccccc3)CC2)cc1. The van der Waals surface area contributed by atoms with E-state index < -0.39 is 12.2 Å². The quantitative estimate of drug-likeness (QED) is 0.0889. The molecule has 11 nitrogen and oxygen atoms in total. The number of pyridine rings is 1. The van der Waals surface area contributed by atoms with E-state index >= 15 is 0 Å². The first kappa shape index (κ1) is 35.3. The Bertz CT molecular complexity index is 2010. The molecule has 6 N–H and O–H groups in total. The molecule has 0 unspecified atom stereocenters. The van der Waals surface area contributed by atoms with Crippen molar-refractivity contribution < 1.29 is 24.5 Å². The molecule has 2 amide bonds. The summed E-state index contributed by atoms with van der Waals surface area (Å²) in [5.41, 5.74) is 4.90. The van der Waals surface area contributed by atoms with Gasteiger partial charge >= 0.3 is 6.09 Å². The number of carbonyl (C=O) groups is 2. The summed E-state index contributed by atoms with van der Waals surface area (Å²) in [4.78, 5) is 42.0. The van der Waals surface area contributed by atoms with E-state index in [2.05, 4.69) is 25.8 Å². The van der Waals surface area contributed by atoms with Crippen LogP contribution in [-0.2, 0) is 9.53 Å². The highest BCUT2D eigenvalue weighted by molar-refractivity contribution is 5.92. The second kappa shape index (κ2) is 16.5. The van der Waals surface area contributed by atoms with Crippen molar-refractivity contribution in [2.75, 3.05) is 36.8 Å². The van der Waals surface area contributed by atoms with E-state index in [9.17, 15) is 24.6 Å². The highest BCUT2D eigenvalue weighted by atomic mass is 16.6. The van der Waals surface area contributed by atoms with Crippen LogP contribution in [0.3, 0.4) is 0 Å². The van der Waals surface area contributed by atoms with Gasteiger partial charge in [0.25, 0.3) is 0 Å². The molecule has 1 fully saturated rings. The normalized spacial score (nSPS) is 14.9. The number of para-hydroxylation sites is 1. The number of fused-ring (bicyclic) bond motifs is 1. The third kappa shape index (κ3) is 9.20. The Morgan fingerprint density at radius 1 is 0.902 bits per heavy atom. The summed E-state index contributed by atoms with van der Waals surface area (Å²) in [7, 11) is 0. The first-order chi connectivity index (χ1) is 24.7. The Kier molecular flexibility index (Phi) is 11.4. The van der Waals surface area contributed by atoms with Crippen LogP contribution in [0.15, 0.2) is 108 Å². The van der Waals surface area contributed by atoms with Gasteiger partial charge in [-0.3, -0.25) is 14.9 Å². The number of amides is 2. The lowest BCUT2D eigenvalue weighted by Gasteiger charge is -2.31. The molecule has 0 spiro atoms. The smallest absolute Gasteiger partial charge is 0.411 e. The van der Waals surface area contributed by atoms with Gasteiger partial charge in [0.05, 0.1) is 17.3 Å². The predicted octanol–water partition coefficient (Wildman–Crippen LogP) is 6.33. The van der Waals surface area contributed by atoms with Gasteiger partial charge in [-0.1, -0.05) is 66.7 Å². The third-order valence-electron chi connectivity index (χ3n) is 9.29. The second-order valence-corrected chi connectivity index (χ2v) is 12.8. The highest BCUT2D eigenvalue weighted by Gasteiger charge is 2.23. The number of hydrogen-bond acceptors (Lipinski definition) is 8. The van der Waals surface area contributed by atoms with Crippen LogP contribution in [0.2, 0.25) is 0 Å². The summed E-state index contributed by atoms with van der Waals surface area (Å²) in [5, 5.41) is 30.8. The van der Waals surface area contributed by atoms with Crippen LogP contribution in [0.5, 0.6) is 5.75 Å². The molecule has 6 rings (SSSR count). The van der Waals surface area contributed by atoms with E-state index in [1.807, 2.05) is 85.8 Å². The van der Waals surface area contributed by atoms with Gasteiger partial charge in [0.15, 0.2) is 0 Å². The monoisotopic (exact) mass is 689 g/mol. The maximum Gasteiger partial charge on any atom is 0.411 e. The van der Waals surface area contributed by atoms with E-state index in [1.165, 1.54) is 12.1 Å². The zero-order valence-corrected chi connectivity index (χ0v) is 28.5. The summed E-state index contributed by atoms with van der Waals surface area (Å²) >= 11 is 0. The van der Waals surface area contributed by atoms with E-state index in [1.54, 1.807) is 12.1 Å². The van der Waals surface area contributed by atoms with Crippen LogP contribution in [0, 0.1) is 0 Å².